The molecule has 2 aliphatic rings. The van der Waals surface area contributed by atoms with Crippen molar-refractivity contribution in [3.63, 3.8) is 0 Å². The van der Waals surface area contributed by atoms with Gasteiger partial charge in [0.15, 0.2) is 0 Å². The molecule has 3 rings (SSSR count). The van der Waals surface area contributed by atoms with Crippen molar-refractivity contribution in [1.29, 1.82) is 0 Å². The van der Waals surface area contributed by atoms with Gasteiger partial charge in [0.25, 0.3) is 0 Å². The average molecular weight is 198 g/mol. The predicted molar refractivity (Wildman–Crippen MR) is 60.5 cm³/mol. The van der Waals surface area contributed by atoms with Crippen LogP contribution in [0.3, 0.4) is 0 Å². The van der Waals surface area contributed by atoms with Gasteiger partial charge in [-0.1, -0.05) is 37.3 Å². The molecule has 0 N–H and O–H groups in total. The molecule has 0 aromatic heterocycles. The van der Waals surface area contributed by atoms with E-state index in [1.165, 1.54) is 16.7 Å². The fraction of sp³-hybridized carbons (Fsp3) is 0.357. The Balaban J connectivity index is 1.99. The molecule has 0 saturated heterocycles. The van der Waals surface area contributed by atoms with Crippen molar-refractivity contribution in [2.75, 3.05) is 0 Å². The summed E-state index contributed by atoms with van der Waals surface area (Å²) < 4.78 is 0. The summed E-state index contributed by atoms with van der Waals surface area (Å²) in [5.41, 5.74) is 4.21. The Labute approximate surface area is 89.8 Å². The molecule has 1 heteroatoms. The molecule has 1 unspecified atom stereocenters. The minimum absolute atomic E-state index is 0.287. The topological polar surface area (TPSA) is 17.1 Å². The number of aldehydes is 1. The summed E-state index contributed by atoms with van der Waals surface area (Å²) in [4.78, 5) is 10.7. The van der Waals surface area contributed by atoms with E-state index in [1.807, 2.05) is 0 Å². The monoisotopic (exact) mass is 198 g/mol. The summed E-state index contributed by atoms with van der Waals surface area (Å²) in [7, 11) is 0. The maximum absolute atomic E-state index is 10.7. The van der Waals surface area contributed by atoms with Crippen molar-refractivity contribution in [1.82, 2.24) is 0 Å². The highest BCUT2D eigenvalue weighted by Crippen LogP contribution is 2.51. The molecule has 3 atom stereocenters. The Hall–Kier alpha value is -1.37. The first-order valence-electron chi connectivity index (χ1n) is 5.57. The Bertz CT molecular complexity index is 444. The van der Waals surface area contributed by atoms with Crippen LogP contribution in [-0.2, 0) is 4.79 Å². The standard InChI is InChI=1S/C14H14O/c1-9-6-14(13-7-10(13)8-15)12-5-3-2-4-11(9)12/h2-6,8-10,13H,7H2,1H3/t9?,10-,13+/m1/s1. The van der Waals surface area contributed by atoms with Crippen molar-refractivity contribution in [2.45, 2.75) is 19.3 Å². The van der Waals surface area contributed by atoms with Gasteiger partial charge in [0.1, 0.15) is 6.29 Å². The number of rotatable bonds is 2. The molecular weight excluding hydrogens is 184 g/mol. The van der Waals surface area contributed by atoms with Gasteiger partial charge >= 0.3 is 0 Å². The SMILES string of the molecule is CC1C=C([C@H]2C[C@@H]2C=O)c2ccccc21. The van der Waals surface area contributed by atoms with Crippen LogP contribution in [0.25, 0.3) is 5.57 Å². The van der Waals surface area contributed by atoms with E-state index in [-0.39, 0.29) is 5.92 Å². The van der Waals surface area contributed by atoms with Gasteiger partial charge in [-0.15, -0.1) is 0 Å². The molecule has 76 valence electrons. The normalized spacial score (nSPS) is 32.1. The van der Waals surface area contributed by atoms with Crippen LogP contribution in [0, 0.1) is 11.8 Å². The second-order valence-electron chi connectivity index (χ2n) is 4.64. The summed E-state index contributed by atoms with van der Waals surface area (Å²) in [6.45, 7) is 2.23. The quantitative estimate of drug-likeness (QED) is 0.667. The highest BCUT2D eigenvalue weighted by Gasteiger charge is 2.42. The summed E-state index contributed by atoms with van der Waals surface area (Å²) in [6, 6.07) is 8.56. The highest BCUT2D eigenvalue weighted by atomic mass is 16.1. The molecular formula is C14H14O. The molecule has 1 nitrogen and oxygen atoms in total. The Morgan fingerprint density at radius 3 is 2.87 bits per heavy atom. The minimum Gasteiger partial charge on any atom is -0.303 e. The third-order valence-corrected chi connectivity index (χ3v) is 3.61. The van der Waals surface area contributed by atoms with E-state index < -0.39 is 0 Å². The van der Waals surface area contributed by atoms with Gasteiger partial charge in [-0.05, 0) is 29.0 Å². The van der Waals surface area contributed by atoms with Crippen LogP contribution in [0.2, 0.25) is 0 Å². The molecule has 15 heavy (non-hydrogen) atoms. The molecule has 1 aromatic rings. The first-order valence-corrected chi connectivity index (χ1v) is 5.57. The van der Waals surface area contributed by atoms with Crippen LogP contribution >= 0.6 is 0 Å². The molecule has 1 saturated carbocycles. The smallest absolute Gasteiger partial charge is 0.123 e. The minimum atomic E-state index is 0.287. The second kappa shape index (κ2) is 3.06. The van der Waals surface area contributed by atoms with Crippen LogP contribution in [0.5, 0.6) is 0 Å². The molecule has 0 heterocycles. The lowest BCUT2D eigenvalue weighted by Crippen LogP contribution is -1.89. The van der Waals surface area contributed by atoms with Gasteiger partial charge in [0.2, 0.25) is 0 Å². The summed E-state index contributed by atoms with van der Waals surface area (Å²) in [5, 5.41) is 0. The van der Waals surface area contributed by atoms with Gasteiger partial charge in [-0.2, -0.15) is 0 Å². The number of carbonyl (C=O) groups excluding carboxylic acids is 1. The zero-order valence-corrected chi connectivity index (χ0v) is 8.81. The summed E-state index contributed by atoms with van der Waals surface area (Å²) in [5.74, 6) is 1.31. The third kappa shape index (κ3) is 1.26. The first kappa shape index (κ1) is 8.90. The lowest BCUT2D eigenvalue weighted by molar-refractivity contribution is -0.108. The molecule has 0 spiro atoms. The van der Waals surface area contributed by atoms with Crippen molar-refractivity contribution < 1.29 is 4.79 Å². The van der Waals surface area contributed by atoms with Crippen LogP contribution in [-0.4, -0.2) is 6.29 Å². The Morgan fingerprint density at radius 2 is 2.13 bits per heavy atom. The van der Waals surface area contributed by atoms with E-state index in [2.05, 4.69) is 37.3 Å². The molecule has 1 aromatic carbocycles. The zero-order chi connectivity index (χ0) is 10.4. The van der Waals surface area contributed by atoms with Crippen molar-refractivity contribution in [3.05, 3.63) is 41.5 Å². The van der Waals surface area contributed by atoms with Gasteiger partial charge in [0, 0.05) is 11.8 Å². The number of fused-ring (bicyclic) bond motifs is 1. The third-order valence-electron chi connectivity index (χ3n) is 3.61. The predicted octanol–water partition coefficient (Wildman–Crippen LogP) is 3.02. The average Bonchev–Trinajstić information content (AvgIpc) is 2.98. The largest absolute Gasteiger partial charge is 0.303 e. The lowest BCUT2D eigenvalue weighted by Gasteiger charge is -2.04. The Morgan fingerprint density at radius 1 is 1.33 bits per heavy atom. The maximum Gasteiger partial charge on any atom is 0.123 e. The van der Waals surface area contributed by atoms with Crippen LogP contribution in [0.1, 0.15) is 30.4 Å². The fourth-order valence-electron chi connectivity index (χ4n) is 2.65. The maximum atomic E-state index is 10.7. The lowest BCUT2D eigenvalue weighted by atomic mass is 10.00. The highest BCUT2D eigenvalue weighted by molar-refractivity contribution is 5.81. The van der Waals surface area contributed by atoms with E-state index in [1.54, 1.807) is 0 Å². The first-order chi connectivity index (χ1) is 7.31. The van der Waals surface area contributed by atoms with Gasteiger partial charge in [-0.3, -0.25) is 0 Å². The van der Waals surface area contributed by atoms with E-state index in [9.17, 15) is 4.79 Å². The van der Waals surface area contributed by atoms with Crippen molar-refractivity contribution >= 4 is 11.9 Å². The number of carbonyl (C=O) groups is 1. The van der Waals surface area contributed by atoms with Crippen LogP contribution in [0.4, 0.5) is 0 Å². The molecule has 0 radical (unpaired) electrons. The zero-order valence-electron chi connectivity index (χ0n) is 8.81. The van der Waals surface area contributed by atoms with E-state index in [4.69, 9.17) is 0 Å². The van der Waals surface area contributed by atoms with Gasteiger partial charge in [0.05, 0.1) is 0 Å². The van der Waals surface area contributed by atoms with E-state index in [0.29, 0.717) is 11.8 Å². The van der Waals surface area contributed by atoms with Crippen LogP contribution < -0.4 is 0 Å². The fourth-order valence-corrected chi connectivity index (χ4v) is 2.65. The Kier molecular flexibility index (Phi) is 1.82. The molecule has 2 aliphatic carbocycles. The summed E-state index contributed by atoms with van der Waals surface area (Å²) in [6.07, 6.45) is 4.49. The molecule has 1 fully saturated rings. The van der Waals surface area contributed by atoms with E-state index in [0.717, 1.165) is 12.7 Å². The van der Waals surface area contributed by atoms with E-state index >= 15 is 0 Å². The van der Waals surface area contributed by atoms with Crippen molar-refractivity contribution in [2.24, 2.45) is 11.8 Å². The second-order valence-corrected chi connectivity index (χ2v) is 4.64. The van der Waals surface area contributed by atoms with Crippen LogP contribution in [0.15, 0.2) is 30.3 Å². The number of allylic oxidation sites excluding steroid dienone is 2. The number of benzene rings is 1. The van der Waals surface area contributed by atoms with Gasteiger partial charge < -0.3 is 4.79 Å². The molecule has 0 bridgehead atoms. The number of hydrogen-bond acceptors (Lipinski definition) is 1. The summed E-state index contributed by atoms with van der Waals surface area (Å²) >= 11 is 0. The molecule has 0 amide bonds. The van der Waals surface area contributed by atoms with Crippen molar-refractivity contribution in [3.8, 4) is 0 Å². The number of hydrogen-bond donors (Lipinski definition) is 0. The van der Waals surface area contributed by atoms with Gasteiger partial charge in [-0.25, -0.2) is 0 Å². The molecule has 0 aliphatic heterocycles.